The lowest BCUT2D eigenvalue weighted by Crippen LogP contribution is -2.13. The number of aromatic nitrogens is 1. The Hall–Kier alpha value is -1.17. The van der Waals surface area contributed by atoms with Gasteiger partial charge in [-0.2, -0.15) is 0 Å². The average Bonchev–Trinajstić information content (AvgIpc) is 2.33. The van der Waals surface area contributed by atoms with Crippen molar-refractivity contribution in [1.82, 2.24) is 4.98 Å². The van der Waals surface area contributed by atoms with Gasteiger partial charge in [0, 0.05) is 24.9 Å². The van der Waals surface area contributed by atoms with E-state index < -0.39 is 0 Å². The molecular formula is C13H22N2O3. The lowest BCUT2D eigenvalue weighted by atomic mass is 10.1. The van der Waals surface area contributed by atoms with E-state index in [2.05, 4.69) is 4.98 Å². The lowest BCUT2D eigenvalue weighted by molar-refractivity contribution is 0.0535. The summed E-state index contributed by atoms with van der Waals surface area (Å²) in [6.07, 6.45) is 0. The second kappa shape index (κ2) is 8.02. The molecule has 1 rings (SSSR count). The molecule has 0 radical (unpaired) electrons. The van der Waals surface area contributed by atoms with Crippen LogP contribution in [0.1, 0.15) is 16.8 Å². The highest BCUT2D eigenvalue weighted by Crippen LogP contribution is 2.20. The van der Waals surface area contributed by atoms with E-state index in [0.717, 1.165) is 16.8 Å². The minimum atomic E-state index is 0.430. The number of hydrogen-bond acceptors (Lipinski definition) is 5. The number of nitrogens with two attached hydrogens (primary N) is 1. The molecule has 0 spiro atoms. The van der Waals surface area contributed by atoms with Crippen LogP contribution in [0.3, 0.4) is 0 Å². The molecule has 1 aromatic rings. The van der Waals surface area contributed by atoms with Gasteiger partial charge in [0.25, 0.3) is 0 Å². The van der Waals surface area contributed by atoms with Crippen LogP contribution in [-0.4, -0.2) is 38.5 Å². The molecule has 0 atom stereocenters. The van der Waals surface area contributed by atoms with Crippen molar-refractivity contribution >= 4 is 0 Å². The normalized spacial score (nSPS) is 10.7. The van der Waals surface area contributed by atoms with Gasteiger partial charge in [-0.25, -0.2) is 4.98 Å². The molecule has 0 aromatic carbocycles. The summed E-state index contributed by atoms with van der Waals surface area (Å²) in [4.78, 5) is 4.36. The van der Waals surface area contributed by atoms with Gasteiger partial charge in [0.05, 0.1) is 19.8 Å². The van der Waals surface area contributed by atoms with Gasteiger partial charge in [-0.05, 0) is 25.5 Å². The van der Waals surface area contributed by atoms with E-state index in [1.165, 1.54) is 0 Å². The summed E-state index contributed by atoms with van der Waals surface area (Å²) in [6.45, 7) is 6.53. The van der Waals surface area contributed by atoms with E-state index >= 15 is 0 Å². The molecule has 5 heteroatoms. The van der Waals surface area contributed by atoms with E-state index in [1.54, 1.807) is 7.11 Å². The summed E-state index contributed by atoms with van der Waals surface area (Å²) in [7, 11) is 1.65. The first-order valence-corrected chi connectivity index (χ1v) is 6.05. The molecule has 1 aromatic heterocycles. The van der Waals surface area contributed by atoms with E-state index in [-0.39, 0.29) is 0 Å². The first-order valence-electron chi connectivity index (χ1n) is 6.05. The Bertz CT molecular complexity index is 369. The van der Waals surface area contributed by atoms with Crippen molar-refractivity contribution < 1.29 is 14.2 Å². The summed E-state index contributed by atoms with van der Waals surface area (Å²) in [5.74, 6) is 0.616. The van der Waals surface area contributed by atoms with Gasteiger partial charge in [0.15, 0.2) is 0 Å². The van der Waals surface area contributed by atoms with E-state index in [9.17, 15) is 0 Å². The molecule has 0 bridgehead atoms. The average molecular weight is 254 g/mol. The van der Waals surface area contributed by atoms with Crippen LogP contribution < -0.4 is 10.5 Å². The third-order valence-corrected chi connectivity index (χ3v) is 2.54. The summed E-state index contributed by atoms with van der Waals surface area (Å²) in [5.41, 5.74) is 8.70. The third-order valence-electron chi connectivity index (χ3n) is 2.54. The Labute approximate surface area is 108 Å². The molecule has 0 fully saturated rings. The maximum atomic E-state index is 5.70. The second-order valence-electron chi connectivity index (χ2n) is 4.02. The first-order chi connectivity index (χ1) is 8.69. The number of hydrogen-bond donors (Lipinski definition) is 1. The molecule has 0 saturated carbocycles. The monoisotopic (exact) mass is 254 g/mol. The third kappa shape index (κ3) is 4.60. The second-order valence-corrected chi connectivity index (χ2v) is 4.02. The summed E-state index contributed by atoms with van der Waals surface area (Å²) >= 11 is 0. The molecule has 5 nitrogen and oxygen atoms in total. The van der Waals surface area contributed by atoms with Crippen LogP contribution in [-0.2, 0) is 16.0 Å². The highest BCUT2D eigenvalue weighted by atomic mass is 16.5. The van der Waals surface area contributed by atoms with Gasteiger partial charge in [0.1, 0.15) is 6.61 Å². The summed E-state index contributed by atoms with van der Waals surface area (Å²) < 4.78 is 15.8. The Balaban J connectivity index is 2.46. The zero-order valence-electron chi connectivity index (χ0n) is 11.4. The SMILES string of the molecule is COCCOCCOc1nc(C)cc(C)c1CN. The van der Waals surface area contributed by atoms with Gasteiger partial charge in [-0.1, -0.05) is 0 Å². The van der Waals surface area contributed by atoms with Crippen molar-refractivity contribution in [2.75, 3.05) is 33.5 Å². The number of ether oxygens (including phenoxy) is 3. The smallest absolute Gasteiger partial charge is 0.218 e. The highest BCUT2D eigenvalue weighted by molar-refractivity contribution is 5.35. The first kappa shape index (κ1) is 14.9. The van der Waals surface area contributed by atoms with Crippen LogP contribution in [0.2, 0.25) is 0 Å². The number of pyridine rings is 1. The van der Waals surface area contributed by atoms with E-state index in [0.29, 0.717) is 38.9 Å². The number of rotatable bonds is 8. The molecule has 0 aliphatic rings. The molecule has 0 amide bonds. The molecular weight excluding hydrogens is 232 g/mol. The van der Waals surface area contributed by atoms with Crippen LogP contribution in [0.15, 0.2) is 6.07 Å². The maximum Gasteiger partial charge on any atom is 0.218 e. The van der Waals surface area contributed by atoms with Crippen LogP contribution in [0.5, 0.6) is 5.88 Å². The number of methoxy groups -OCH3 is 1. The van der Waals surface area contributed by atoms with Gasteiger partial charge in [0.2, 0.25) is 5.88 Å². The zero-order valence-corrected chi connectivity index (χ0v) is 11.4. The summed E-state index contributed by atoms with van der Waals surface area (Å²) in [6, 6.07) is 2.00. The van der Waals surface area contributed by atoms with Gasteiger partial charge in [-0.15, -0.1) is 0 Å². The Morgan fingerprint density at radius 3 is 2.56 bits per heavy atom. The lowest BCUT2D eigenvalue weighted by Gasteiger charge is -2.12. The molecule has 0 saturated heterocycles. The van der Waals surface area contributed by atoms with Crippen LogP contribution >= 0.6 is 0 Å². The van der Waals surface area contributed by atoms with Gasteiger partial charge in [-0.3, -0.25) is 0 Å². The molecule has 0 aliphatic heterocycles. The van der Waals surface area contributed by atoms with Crippen molar-refractivity contribution in [1.29, 1.82) is 0 Å². The van der Waals surface area contributed by atoms with Crippen LogP contribution in [0.4, 0.5) is 0 Å². The van der Waals surface area contributed by atoms with Crippen LogP contribution in [0.25, 0.3) is 0 Å². The Kier molecular flexibility index (Phi) is 6.64. The van der Waals surface area contributed by atoms with Crippen LogP contribution in [0, 0.1) is 13.8 Å². The van der Waals surface area contributed by atoms with Crippen molar-refractivity contribution in [2.24, 2.45) is 5.73 Å². The van der Waals surface area contributed by atoms with Crippen molar-refractivity contribution in [2.45, 2.75) is 20.4 Å². The van der Waals surface area contributed by atoms with Crippen molar-refractivity contribution in [3.63, 3.8) is 0 Å². The quantitative estimate of drug-likeness (QED) is 0.706. The fourth-order valence-corrected chi connectivity index (χ4v) is 1.64. The molecule has 2 N–H and O–H groups in total. The summed E-state index contributed by atoms with van der Waals surface area (Å²) in [5, 5.41) is 0. The fourth-order valence-electron chi connectivity index (χ4n) is 1.64. The largest absolute Gasteiger partial charge is 0.475 e. The number of nitrogens with zero attached hydrogens (tertiary/aromatic N) is 1. The molecule has 0 unspecified atom stereocenters. The van der Waals surface area contributed by atoms with E-state index in [1.807, 2.05) is 19.9 Å². The molecule has 18 heavy (non-hydrogen) atoms. The highest BCUT2D eigenvalue weighted by Gasteiger charge is 2.08. The maximum absolute atomic E-state index is 5.70. The Morgan fingerprint density at radius 2 is 1.89 bits per heavy atom. The zero-order chi connectivity index (χ0) is 13.4. The predicted octanol–water partition coefficient (Wildman–Crippen LogP) is 1.20. The van der Waals surface area contributed by atoms with Crippen molar-refractivity contribution in [3.8, 4) is 5.88 Å². The minimum Gasteiger partial charge on any atom is -0.475 e. The topological polar surface area (TPSA) is 66.6 Å². The van der Waals surface area contributed by atoms with E-state index in [4.69, 9.17) is 19.9 Å². The standard InChI is InChI=1S/C13H22N2O3/c1-10-8-11(2)15-13(12(10)9-14)18-7-6-17-5-4-16-3/h8H,4-7,9,14H2,1-3H3. The molecule has 0 aliphatic carbocycles. The van der Waals surface area contributed by atoms with Crippen molar-refractivity contribution in [3.05, 3.63) is 22.9 Å². The van der Waals surface area contributed by atoms with Gasteiger partial charge >= 0.3 is 0 Å². The number of aryl methyl sites for hydroxylation is 2. The molecule has 102 valence electrons. The van der Waals surface area contributed by atoms with Gasteiger partial charge < -0.3 is 19.9 Å². The predicted molar refractivity (Wildman–Crippen MR) is 69.8 cm³/mol. The Morgan fingerprint density at radius 1 is 1.17 bits per heavy atom. The fraction of sp³-hybridized carbons (Fsp3) is 0.615. The molecule has 1 heterocycles. The minimum absolute atomic E-state index is 0.430.